The van der Waals surface area contributed by atoms with Gasteiger partial charge in [0.25, 0.3) is 5.91 Å². The van der Waals surface area contributed by atoms with Crippen LogP contribution in [0.5, 0.6) is 0 Å². The second-order valence-electron chi connectivity index (χ2n) is 4.23. The lowest BCUT2D eigenvalue weighted by Crippen LogP contribution is -2.37. The number of carbonyl (C=O) groups excluding carboxylic acids is 1. The Morgan fingerprint density at radius 2 is 2.00 bits per heavy atom. The summed E-state index contributed by atoms with van der Waals surface area (Å²) in [5.41, 5.74) is 0.538. The fourth-order valence-electron chi connectivity index (χ4n) is 1.63. The van der Waals surface area contributed by atoms with Gasteiger partial charge in [0.15, 0.2) is 0 Å². The molecule has 1 aromatic heterocycles. The number of nitrogens with zero attached hydrogens (tertiary/aromatic N) is 2. The molecule has 0 aliphatic rings. The first kappa shape index (κ1) is 14.2. The number of aromatic nitrogens is 1. The van der Waals surface area contributed by atoms with Gasteiger partial charge in [0.2, 0.25) is 0 Å². The van der Waals surface area contributed by atoms with E-state index in [0.29, 0.717) is 12.1 Å². The van der Waals surface area contributed by atoms with Gasteiger partial charge in [0.1, 0.15) is 0 Å². The highest BCUT2D eigenvalue weighted by atomic mass is 16.4. The van der Waals surface area contributed by atoms with Crippen molar-refractivity contribution in [3.05, 3.63) is 30.1 Å². The third-order valence-corrected chi connectivity index (χ3v) is 2.62. The largest absolute Gasteiger partial charge is 0.481 e. The fraction of sp³-hybridized carbons (Fsp3) is 0.462. The predicted octanol–water partition coefficient (Wildman–Crippen LogP) is 1.65. The molecular weight excluding hydrogens is 232 g/mol. The minimum absolute atomic E-state index is 0.146. The summed E-state index contributed by atoms with van der Waals surface area (Å²) >= 11 is 0. The molecule has 0 saturated heterocycles. The van der Waals surface area contributed by atoms with Gasteiger partial charge in [-0.1, -0.05) is 13.8 Å². The molecule has 0 spiro atoms. The van der Waals surface area contributed by atoms with Crippen LogP contribution in [0.25, 0.3) is 0 Å². The number of carboxylic acids is 1. The van der Waals surface area contributed by atoms with Gasteiger partial charge in [-0.2, -0.15) is 0 Å². The van der Waals surface area contributed by atoms with Crippen molar-refractivity contribution in [3.8, 4) is 0 Å². The van der Waals surface area contributed by atoms with Crippen LogP contribution in [-0.4, -0.2) is 40.0 Å². The van der Waals surface area contributed by atoms with Gasteiger partial charge in [-0.15, -0.1) is 0 Å². The van der Waals surface area contributed by atoms with Crippen LogP contribution in [0.15, 0.2) is 24.5 Å². The van der Waals surface area contributed by atoms with Crippen molar-refractivity contribution in [1.29, 1.82) is 0 Å². The third kappa shape index (κ3) is 3.84. The number of rotatable bonds is 6. The summed E-state index contributed by atoms with van der Waals surface area (Å²) in [5.74, 6) is -1.60. The van der Waals surface area contributed by atoms with E-state index >= 15 is 0 Å². The summed E-state index contributed by atoms with van der Waals surface area (Å²) < 4.78 is 0. The Hall–Kier alpha value is -1.91. The summed E-state index contributed by atoms with van der Waals surface area (Å²) in [5, 5.41) is 8.90. The van der Waals surface area contributed by atoms with Crippen LogP contribution in [0.2, 0.25) is 0 Å². The minimum atomic E-state index is -0.890. The summed E-state index contributed by atoms with van der Waals surface area (Å²) in [7, 11) is 0. The Kier molecular flexibility index (Phi) is 5.30. The average molecular weight is 250 g/mol. The van der Waals surface area contributed by atoms with Crippen molar-refractivity contribution in [3.63, 3.8) is 0 Å². The zero-order valence-electron chi connectivity index (χ0n) is 10.7. The molecule has 5 nitrogen and oxygen atoms in total. The second kappa shape index (κ2) is 6.74. The number of pyridine rings is 1. The van der Waals surface area contributed by atoms with E-state index in [1.165, 1.54) is 0 Å². The van der Waals surface area contributed by atoms with Crippen LogP contribution in [0.1, 0.15) is 30.6 Å². The van der Waals surface area contributed by atoms with Crippen molar-refractivity contribution < 1.29 is 14.7 Å². The normalized spacial score (nSPS) is 11.9. The maximum Gasteiger partial charge on any atom is 0.308 e. The Morgan fingerprint density at radius 3 is 2.50 bits per heavy atom. The first-order valence-electron chi connectivity index (χ1n) is 5.98. The van der Waals surface area contributed by atoms with Crippen molar-refractivity contribution in [2.24, 2.45) is 5.92 Å². The molecule has 1 rings (SSSR count). The zero-order chi connectivity index (χ0) is 13.5. The highest BCUT2D eigenvalue weighted by Gasteiger charge is 2.20. The molecule has 5 heteroatoms. The topological polar surface area (TPSA) is 70.5 Å². The molecule has 98 valence electrons. The molecule has 0 aliphatic heterocycles. The molecule has 0 bridgehead atoms. The lowest BCUT2D eigenvalue weighted by molar-refractivity contribution is -0.141. The Bertz CT molecular complexity index is 406. The molecule has 1 amide bonds. The van der Waals surface area contributed by atoms with Crippen LogP contribution in [0.4, 0.5) is 0 Å². The molecule has 0 aromatic carbocycles. The van der Waals surface area contributed by atoms with E-state index in [-0.39, 0.29) is 12.5 Å². The molecule has 0 radical (unpaired) electrons. The lowest BCUT2D eigenvalue weighted by atomic mass is 10.1. The van der Waals surface area contributed by atoms with Gasteiger partial charge >= 0.3 is 5.97 Å². The molecule has 1 atom stereocenters. The monoisotopic (exact) mass is 250 g/mol. The van der Waals surface area contributed by atoms with E-state index in [9.17, 15) is 9.59 Å². The van der Waals surface area contributed by atoms with Crippen molar-refractivity contribution in [1.82, 2.24) is 9.88 Å². The first-order chi connectivity index (χ1) is 8.56. The lowest BCUT2D eigenvalue weighted by Gasteiger charge is -2.24. The van der Waals surface area contributed by atoms with Crippen molar-refractivity contribution in [2.75, 3.05) is 13.1 Å². The number of hydrogen-bond donors (Lipinski definition) is 1. The number of aliphatic carboxylic acids is 1. The van der Waals surface area contributed by atoms with E-state index < -0.39 is 11.9 Å². The van der Waals surface area contributed by atoms with Gasteiger partial charge < -0.3 is 10.0 Å². The standard InChI is InChI=1S/C13H18N2O3/c1-3-8-15(9-10(2)13(17)18)12(16)11-4-6-14-7-5-11/h4-7,10H,3,8-9H2,1-2H3,(H,17,18). The predicted molar refractivity (Wildman–Crippen MR) is 67.2 cm³/mol. The highest BCUT2D eigenvalue weighted by Crippen LogP contribution is 2.08. The Labute approximate surface area is 106 Å². The van der Waals surface area contributed by atoms with Gasteiger partial charge in [-0.05, 0) is 18.6 Å². The highest BCUT2D eigenvalue weighted by molar-refractivity contribution is 5.94. The minimum Gasteiger partial charge on any atom is -0.481 e. The number of carboxylic acid groups (broad SMARTS) is 1. The summed E-state index contributed by atoms with van der Waals surface area (Å²) in [6, 6.07) is 3.27. The van der Waals surface area contributed by atoms with Crippen LogP contribution in [0.3, 0.4) is 0 Å². The quantitative estimate of drug-likeness (QED) is 0.833. The van der Waals surface area contributed by atoms with Gasteiger partial charge in [-0.25, -0.2) is 0 Å². The van der Waals surface area contributed by atoms with E-state index in [2.05, 4.69) is 4.98 Å². The molecule has 0 fully saturated rings. The van der Waals surface area contributed by atoms with Gasteiger partial charge in [0, 0.05) is 31.0 Å². The van der Waals surface area contributed by atoms with Crippen LogP contribution in [0, 0.1) is 5.92 Å². The zero-order valence-corrected chi connectivity index (χ0v) is 10.7. The smallest absolute Gasteiger partial charge is 0.308 e. The van der Waals surface area contributed by atoms with Crippen molar-refractivity contribution >= 4 is 11.9 Å². The first-order valence-corrected chi connectivity index (χ1v) is 5.98. The van der Waals surface area contributed by atoms with Crippen LogP contribution in [-0.2, 0) is 4.79 Å². The maximum atomic E-state index is 12.2. The van der Waals surface area contributed by atoms with Crippen molar-refractivity contribution in [2.45, 2.75) is 20.3 Å². The maximum absolute atomic E-state index is 12.2. The average Bonchev–Trinajstić information content (AvgIpc) is 2.38. The number of carbonyl (C=O) groups is 2. The Balaban J connectivity index is 2.78. The molecule has 1 aromatic rings. The van der Waals surface area contributed by atoms with E-state index in [1.807, 2.05) is 6.92 Å². The van der Waals surface area contributed by atoms with E-state index in [1.54, 1.807) is 36.4 Å². The number of hydrogen-bond acceptors (Lipinski definition) is 3. The SMILES string of the molecule is CCCN(CC(C)C(=O)O)C(=O)c1ccncc1. The van der Waals surface area contributed by atoms with E-state index in [0.717, 1.165) is 6.42 Å². The summed E-state index contributed by atoms with van der Waals surface area (Å²) in [6.45, 7) is 4.34. The third-order valence-electron chi connectivity index (χ3n) is 2.62. The molecule has 18 heavy (non-hydrogen) atoms. The number of amides is 1. The molecular formula is C13H18N2O3. The second-order valence-corrected chi connectivity index (χ2v) is 4.23. The summed E-state index contributed by atoms with van der Waals surface area (Å²) in [4.78, 5) is 28.5. The van der Waals surface area contributed by atoms with Crippen LogP contribution >= 0.6 is 0 Å². The van der Waals surface area contributed by atoms with Crippen LogP contribution < -0.4 is 0 Å². The Morgan fingerprint density at radius 1 is 1.39 bits per heavy atom. The molecule has 1 N–H and O–H groups in total. The van der Waals surface area contributed by atoms with Gasteiger partial charge in [-0.3, -0.25) is 14.6 Å². The fourth-order valence-corrected chi connectivity index (χ4v) is 1.63. The van der Waals surface area contributed by atoms with Gasteiger partial charge in [0.05, 0.1) is 5.92 Å². The summed E-state index contributed by atoms with van der Waals surface area (Å²) in [6.07, 6.45) is 3.90. The molecule has 0 aliphatic carbocycles. The molecule has 0 saturated carbocycles. The van der Waals surface area contributed by atoms with E-state index in [4.69, 9.17) is 5.11 Å². The molecule has 1 heterocycles. The molecule has 1 unspecified atom stereocenters.